The van der Waals surface area contributed by atoms with Crippen molar-refractivity contribution in [2.24, 2.45) is 11.3 Å². The lowest BCUT2D eigenvalue weighted by molar-refractivity contribution is -0.126. The van der Waals surface area contributed by atoms with Crippen LogP contribution in [-0.2, 0) is 11.2 Å². The van der Waals surface area contributed by atoms with Gasteiger partial charge in [0.1, 0.15) is 0 Å². The average Bonchev–Trinajstić information content (AvgIpc) is 2.44. The molecule has 2 rings (SSSR count). The van der Waals surface area contributed by atoms with Crippen LogP contribution in [0.15, 0.2) is 42.5 Å². The molecule has 0 heterocycles. The first kappa shape index (κ1) is 18.5. The second-order valence-corrected chi connectivity index (χ2v) is 8.85. The highest BCUT2D eigenvalue weighted by molar-refractivity contribution is 5.86. The quantitative estimate of drug-likeness (QED) is 0.789. The second-order valence-electron chi connectivity index (χ2n) is 8.85. The van der Waals surface area contributed by atoms with E-state index in [0.29, 0.717) is 0 Å². The van der Waals surface area contributed by atoms with Crippen LogP contribution in [0.5, 0.6) is 0 Å². The fourth-order valence-corrected chi connectivity index (χ4v) is 3.72. The molecule has 2 nitrogen and oxygen atoms in total. The molecule has 0 saturated carbocycles. The fourth-order valence-electron chi connectivity index (χ4n) is 3.72. The fraction of sp³-hybridized carbons (Fsp3) is 0.500. The Labute approximate surface area is 146 Å². The summed E-state index contributed by atoms with van der Waals surface area (Å²) in [4.78, 5) is 12.7. The number of rotatable bonds is 5. The molecule has 0 fully saturated rings. The number of amides is 1. The first-order valence-electron chi connectivity index (χ1n) is 8.86. The van der Waals surface area contributed by atoms with Gasteiger partial charge in [0.15, 0.2) is 0 Å². The van der Waals surface area contributed by atoms with E-state index >= 15 is 0 Å². The zero-order chi connectivity index (χ0) is 18.0. The van der Waals surface area contributed by atoms with E-state index in [0.717, 1.165) is 12.8 Å². The average molecular weight is 325 g/mol. The normalized spacial score (nSPS) is 13.8. The summed E-state index contributed by atoms with van der Waals surface area (Å²) in [5.41, 5.74) is 1.24. The third-order valence-electron chi connectivity index (χ3n) is 4.29. The van der Waals surface area contributed by atoms with E-state index in [9.17, 15) is 4.79 Å². The predicted molar refractivity (Wildman–Crippen MR) is 103 cm³/mol. The van der Waals surface area contributed by atoms with Crippen molar-refractivity contribution >= 4 is 16.7 Å². The van der Waals surface area contributed by atoms with Gasteiger partial charge < -0.3 is 5.32 Å². The molecule has 2 aromatic carbocycles. The molecule has 0 spiro atoms. The van der Waals surface area contributed by atoms with E-state index in [1.807, 2.05) is 6.92 Å². The number of benzene rings is 2. The molecule has 0 bridgehead atoms. The van der Waals surface area contributed by atoms with Crippen molar-refractivity contribution in [1.82, 2.24) is 5.32 Å². The minimum Gasteiger partial charge on any atom is -0.351 e. The van der Waals surface area contributed by atoms with Crippen LogP contribution < -0.4 is 5.32 Å². The van der Waals surface area contributed by atoms with Gasteiger partial charge in [-0.15, -0.1) is 0 Å². The number of nitrogens with one attached hydrogen (secondary N) is 1. The van der Waals surface area contributed by atoms with Crippen LogP contribution in [0.25, 0.3) is 10.8 Å². The second kappa shape index (κ2) is 6.96. The molecule has 130 valence electrons. The zero-order valence-electron chi connectivity index (χ0n) is 15.9. The van der Waals surface area contributed by atoms with Crippen molar-refractivity contribution in [2.45, 2.75) is 59.9 Å². The molecular weight excluding hydrogens is 294 g/mol. The monoisotopic (exact) mass is 325 g/mol. The van der Waals surface area contributed by atoms with Crippen LogP contribution in [0.4, 0.5) is 0 Å². The SMILES string of the molecule is C[C@H](Cc1cccc2ccccc12)C(=O)NC(C)(C)CC(C)(C)C. The highest BCUT2D eigenvalue weighted by atomic mass is 16.2. The summed E-state index contributed by atoms with van der Waals surface area (Å²) in [6.45, 7) is 12.9. The van der Waals surface area contributed by atoms with E-state index in [2.05, 4.69) is 82.4 Å². The zero-order valence-corrected chi connectivity index (χ0v) is 15.9. The Kier molecular flexibility index (Phi) is 5.37. The lowest BCUT2D eigenvalue weighted by Gasteiger charge is -2.34. The Morgan fingerprint density at radius 2 is 1.62 bits per heavy atom. The molecule has 2 heteroatoms. The summed E-state index contributed by atoms with van der Waals surface area (Å²) >= 11 is 0. The van der Waals surface area contributed by atoms with E-state index in [-0.39, 0.29) is 22.8 Å². The summed E-state index contributed by atoms with van der Waals surface area (Å²) in [5.74, 6) is 0.0900. The molecule has 0 aromatic heterocycles. The van der Waals surface area contributed by atoms with Gasteiger partial charge in [0.05, 0.1) is 0 Å². The van der Waals surface area contributed by atoms with Crippen molar-refractivity contribution in [1.29, 1.82) is 0 Å². The molecule has 24 heavy (non-hydrogen) atoms. The number of hydrogen-bond acceptors (Lipinski definition) is 1. The maximum atomic E-state index is 12.7. The van der Waals surface area contributed by atoms with Gasteiger partial charge in [-0.3, -0.25) is 4.79 Å². The minimum atomic E-state index is -0.192. The molecule has 0 unspecified atom stereocenters. The number of carbonyl (C=O) groups is 1. The van der Waals surface area contributed by atoms with Crippen molar-refractivity contribution in [3.63, 3.8) is 0 Å². The Balaban J connectivity index is 2.08. The number of carbonyl (C=O) groups excluding carboxylic acids is 1. The molecule has 0 radical (unpaired) electrons. The Morgan fingerprint density at radius 3 is 2.29 bits per heavy atom. The largest absolute Gasteiger partial charge is 0.351 e. The Bertz CT molecular complexity index is 704. The molecular formula is C22H31NO. The maximum absolute atomic E-state index is 12.7. The van der Waals surface area contributed by atoms with Gasteiger partial charge in [-0.1, -0.05) is 70.2 Å². The summed E-state index contributed by atoms with van der Waals surface area (Å²) in [5, 5.41) is 5.72. The van der Waals surface area contributed by atoms with Crippen molar-refractivity contribution in [2.75, 3.05) is 0 Å². The van der Waals surface area contributed by atoms with Crippen LogP contribution >= 0.6 is 0 Å². The number of fused-ring (bicyclic) bond motifs is 1. The van der Waals surface area contributed by atoms with E-state index in [1.165, 1.54) is 16.3 Å². The lowest BCUT2D eigenvalue weighted by atomic mass is 9.81. The first-order chi connectivity index (χ1) is 11.1. The van der Waals surface area contributed by atoms with Crippen LogP contribution in [0.2, 0.25) is 0 Å². The summed E-state index contributed by atoms with van der Waals surface area (Å²) in [6.07, 6.45) is 1.71. The minimum absolute atomic E-state index is 0.0463. The van der Waals surface area contributed by atoms with Gasteiger partial charge in [-0.2, -0.15) is 0 Å². The molecule has 1 amide bonds. The van der Waals surface area contributed by atoms with Gasteiger partial charge >= 0.3 is 0 Å². The molecule has 0 aliphatic carbocycles. The standard InChI is InChI=1S/C22H31NO/c1-16(20(24)23-22(5,6)15-21(2,3)4)14-18-12-9-11-17-10-7-8-13-19(17)18/h7-13,16H,14-15H2,1-6H3,(H,23,24)/t16-/m1/s1. The van der Waals surface area contributed by atoms with Crippen molar-refractivity contribution in [3.8, 4) is 0 Å². The molecule has 0 aliphatic rings. The summed E-state index contributed by atoms with van der Waals surface area (Å²) < 4.78 is 0. The van der Waals surface area contributed by atoms with Crippen LogP contribution in [0, 0.1) is 11.3 Å². The third kappa shape index (κ3) is 5.09. The predicted octanol–water partition coefficient (Wildman–Crippen LogP) is 5.35. The molecule has 1 atom stereocenters. The van der Waals surface area contributed by atoms with E-state index < -0.39 is 0 Å². The molecule has 2 aromatic rings. The van der Waals surface area contributed by atoms with Gasteiger partial charge in [-0.25, -0.2) is 0 Å². The van der Waals surface area contributed by atoms with E-state index in [4.69, 9.17) is 0 Å². The van der Waals surface area contributed by atoms with Crippen molar-refractivity contribution in [3.05, 3.63) is 48.0 Å². The topological polar surface area (TPSA) is 29.1 Å². The van der Waals surface area contributed by atoms with Crippen molar-refractivity contribution < 1.29 is 4.79 Å². The highest BCUT2D eigenvalue weighted by Crippen LogP contribution is 2.27. The molecule has 1 N–H and O–H groups in total. The maximum Gasteiger partial charge on any atom is 0.223 e. The third-order valence-corrected chi connectivity index (χ3v) is 4.29. The first-order valence-corrected chi connectivity index (χ1v) is 8.86. The highest BCUT2D eigenvalue weighted by Gasteiger charge is 2.28. The number of hydrogen-bond donors (Lipinski definition) is 1. The van der Waals surface area contributed by atoms with Crippen LogP contribution in [0.3, 0.4) is 0 Å². The van der Waals surface area contributed by atoms with Gasteiger partial charge in [0.25, 0.3) is 0 Å². The van der Waals surface area contributed by atoms with Crippen LogP contribution in [0.1, 0.15) is 53.5 Å². The molecule has 0 saturated heterocycles. The Morgan fingerprint density at radius 1 is 1.00 bits per heavy atom. The van der Waals surface area contributed by atoms with E-state index in [1.54, 1.807) is 0 Å². The Hall–Kier alpha value is -1.83. The summed E-state index contributed by atoms with van der Waals surface area (Å²) in [6, 6.07) is 14.7. The summed E-state index contributed by atoms with van der Waals surface area (Å²) in [7, 11) is 0. The smallest absolute Gasteiger partial charge is 0.223 e. The van der Waals surface area contributed by atoms with Gasteiger partial charge in [0.2, 0.25) is 5.91 Å². The molecule has 0 aliphatic heterocycles. The van der Waals surface area contributed by atoms with Gasteiger partial charge in [-0.05, 0) is 48.4 Å². The van der Waals surface area contributed by atoms with Crippen LogP contribution in [-0.4, -0.2) is 11.4 Å². The van der Waals surface area contributed by atoms with Gasteiger partial charge in [0, 0.05) is 11.5 Å². The lowest BCUT2D eigenvalue weighted by Crippen LogP contribution is -2.48.